The molecule has 3 N–H and O–H groups in total. The molecule has 132 valence electrons. The number of benzene rings is 2. The van der Waals surface area contributed by atoms with Crippen LogP contribution in [0.1, 0.15) is 12.5 Å². The van der Waals surface area contributed by atoms with Crippen molar-refractivity contribution in [3.63, 3.8) is 0 Å². The minimum absolute atomic E-state index is 0.0132. The van der Waals surface area contributed by atoms with Gasteiger partial charge in [0.15, 0.2) is 6.61 Å². The number of nitrogens with zero attached hydrogens (tertiary/aromatic N) is 1. The minimum atomic E-state index is -3.76. The Balaban J connectivity index is 1.91. The molecule has 0 aliphatic heterocycles. The van der Waals surface area contributed by atoms with E-state index in [1.165, 1.54) is 48.5 Å². The largest absolute Gasteiger partial charge is 0.484 e. The molecule has 0 aromatic heterocycles. The first-order chi connectivity index (χ1) is 11.8. The summed E-state index contributed by atoms with van der Waals surface area (Å²) in [7, 11) is -3.76. The number of carbonyl (C=O) groups is 1. The fraction of sp³-hybridized carbons (Fsp3) is 0.125. The highest BCUT2D eigenvalue weighted by molar-refractivity contribution is 7.89. The maximum Gasteiger partial charge on any atom is 0.277 e. The van der Waals surface area contributed by atoms with E-state index < -0.39 is 21.7 Å². The second-order valence-corrected chi connectivity index (χ2v) is 6.61. The molecule has 25 heavy (non-hydrogen) atoms. The summed E-state index contributed by atoms with van der Waals surface area (Å²) >= 11 is 0. The van der Waals surface area contributed by atoms with E-state index in [2.05, 4.69) is 10.5 Å². The SMILES string of the molecule is C/C(=N\NC(=O)COc1ccc(F)cc1)c1ccc(S(N)(=O)=O)cc1. The van der Waals surface area contributed by atoms with Crippen molar-refractivity contribution in [3.05, 3.63) is 59.9 Å². The lowest BCUT2D eigenvalue weighted by Crippen LogP contribution is -2.25. The maximum absolute atomic E-state index is 12.8. The molecule has 0 atom stereocenters. The van der Waals surface area contributed by atoms with E-state index in [-0.39, 0.29) is 11.5 Å². The molecule has 0 saturated heterocycles. The van der Waals surface area contributed by atoms with Crippen LogP contribution in [0.25, 0.3) is 0 Å². The summed E-state index contributed by atoms with van der Waals surface area (Å²) in [5.41, 5.74) is 3.40. The topological polar surface area (TPSA) is 111 Å². The van der Waals surface area contributed by atoms with Gasteiger partial charge in [-0.3, -0.25) is 4.79 Å². The Labute approximate surface area is 144 Å². The lowest BCUT2D eigenvalue weighted by molar-refractivity contribution is -0.123. The van der Waals surface area contributed by atoms with Crippen LogP contribution in [0.4, 0.5) is 4.39 Å². The van der Waals surface area contributed by atoms with Crippen molar-refractivity contribution in [2.75, 3.05) is 6.61 Å². The number of hydrogen-bond acceptors (Lipinski definition) is 5. The van der Waals surface area contributed by atoms with E-state index in [0.29, 0.717) is 17.0 Å². The molecule has 0 unspecified atom stereocenters. The maximum atomic E-state index is 12.8. The third kappa shape index (κ3) is 5.66. The van der Waals surface area contributed by atoms with Crippen LogP contribution in [-0.4, -0.2) is 26.6 Å². The van der Waals surface area contributed by atoms with Gasteiger partial charge >= 0.3 is 0 Å². The predicted octanol–water partition coefficient (Wildman–Crippen LogP) is 1.39. The molecular formula is C16H16FN3O4S. The summed E-state index contributed by atoms with van der Waals surface area (Å²) in [6, 6.07) is 11.0. The summed E-state index contributed by atoms with van der Waals surface area (Å²) in [6.45, 7) is 1.36. The smallest absolute Gasteiger partial charge is 0.277 e. The second kappa shape index (κ2) is 7.86. The molecule has 0 saturated carbocycles. The lowest BCUT2D eigenvalue weighted by atomic mass is 10.1. The first kappa shape index (κ1) is 18.6. The summed E-state index contributed by atoms with van der Waals surface area (Å²) in [6.07, 6.45) is 0. The van der Waals surface area contributed by atoms with Crippen molar-refractivity contribution >= 4 is 21.6 Å². The van der Waals surface area contributed by atoms with Gasteiger partial charge in [-0.15, -0.1) is 0 Å². The average molecular weight is 365 g/mol. The molecule has 1 amide bonds. The Morgan fingerprint density at radius 3 is 2.32 bits per heavy atom. The molecule has 2 aromatic rings. The van der Waals surface area contributed by atoms with Gasteiger partial charge in [0, 0.05) is 0 Å². The average Bonchev–Trinajstić information content (AvgIpc) is 2.58. The first-order valence-electron chi connectivity index (χ1n) is 7.10. The number of primary sulfonamides is 1. The molecule has 0 aliphatic rings. The van der Waals surface area contributed by atoms with Gasteiger partial charge in [-0.2, -0.15) is 5.10 Å². The van der Waals surface area contributed by atoms with Crippen LogP contribution >= 0.6 is 0 Å². The van der Waals surface area contributed by atoms with Crippen molar-refractivity contribution in [1.29, 1.82) is 0 Å². The lowest BCUT2D eigenvalue weighted by Gasteiger charge is -2.06. The van der Waals surface area contributed by atoms with Crippen molar-refractivity contribution in [3.8, 4) is 5.75 Å². The molecule has 0 aliphatic carbocycles. The number of rotatable bonds is 6. The van der Waals surface area contributed by atoms with Gasteiger partial charge in [-0.05, 0) is 48.9 Å². The molecule has 7 nitrogen and oxygen atoms in total. The Morgan fingerprint density at radius 1 is 1.16 bits per heavy atom. The van der Waals surface area contributed by atoms with Crippen molar-refractivity contribution in [2.24, 2.45) is 10.2 Å². The zero-order chi connectivity index (χ0) is 18.4. The first-order valence-corrected chi connectivity index (χ1v) is 8.65. The number of sulfonamides is 1. The molecular weight excluding hydrogens is 349 g/mol. The van der Waals surface area contributed by atoms with Gasteiger partial charge in [0.25, 0.3) is 5.91 Å². The number of carbonyl (C=O) groups excluding carboxylic acids is 1. The molecule has 9 heteroatoms. The van der Waals surface area contributed by atoms with Gasteiger partial charge < -0.3 is 4.74 Å². The van der Waals surface area contributed by atoms with Crippen LogP contribution in [0.5, 0.6) is 5.75 Å². The fourth-order valence-corrected chi connectivity index (χ4v) is 2.32. The van der Waals surface area contributed by atoms with Crippen molar-refractivity contribution in [1.82, 2.24) is 5.43 Å². The van der Waals surface area contributed by atoms with E-state index in [1.807, 2.05) is 0 Å². The van der Waals surface area contributed by atoms with Gasteiger partial charge in [0.05, 0.1) is 10.6 Å². The minimum Gasteiger partial charge on any atom is -0.484 e. The van der Waals surface area contributed by atoms with Crippen LogP contribution in [0, 0.1) is 5.82 Å². The van der Waals surface area contributed by atoms with Gasteiger partial charge in [-0.1, -0.05) is 12.1 Å². The van der Waals surface area contributed by atoms with Crippen LogP contribution in [0.2, 0.25) is 0 Å². The summed E-state index contributed by atoms with van der Waals surface area (Å²) < 4.78 is 40.3. The van der Waals surface area contributed by atoms with E-state index in [0.717, 1.165) is 0 Å². The Kier molecular flexibility index (Phi) is 5.84. The number of hydrogen-bond donors (Lipinski definition) is 2. The van der Waals surface area contributed by atoms with Gasteiger partial charge in [0.1, 0.15) is 11.6 Å². The van der Waals surface area contributed by atoms with E-state index in [4.69, 9.17) is 9.88 Å². The van der Waals surface area contributed by atoms with E-state index in [9.17, 15) is 17.6 Å². The second-order valence-electron chi connectivity index (χ2n) is 5.04. The van der Waals surface area contributed by atoms with Gasteiger partial charge in [-0.25, -0.2) is 23.4 Å². The quantitative estimate of drug-likeness (QED) is 0.595. The fourth-order valence-electron chi connectivity index (χ4n) is 1.81. The Hall–Kier alpha value is -2.78. The van der Waals surface area contributed by atoms with Crippen LogP contribution in [0.3, 0.4) is 0 Å². The van der Waals surface area contributed by atoms with Crippen LogP contribution < -0.4 is 15.3 Å². The molecule has 0 bridgehead atoms. The summed E-state index contributed by atoms with van der Waals surface area (Å²) in [5.74, 6) is -0.536. The Morgan fingerprint density at radius 2 is 1.76 bits per heavy atom. The number of nitrogens with two attached hydrogens (primary N) is 1. The number of halogens is 1. The number of nitrogens with one attached hydrogen (secondary N) is 1. The summed E-state index contributed by atoms with van der Waals surface area (Å²) in [4.78, 5) is 11.7. The zero-order valence-electron chi connectivity index (χ0n) is 13.3. The standard InChI is InChI=1S/C16H16FN3O4S/c1-11(12-2-8-15(9-3-12)25(18,22)23)19-20-16(21)10-24-14-6-4-13(17)5-7-14/h2-9H,10H2,1H3,(H,20,21)(H2,18,22,23)/b19-11+. The van der Waals surface area contributed by atoms with Crippen molar-refractivity contribution in [2.45, 2.75) is 11.8 Å². The Bertz CT molecular complexity index is 879. The molecule has 2 aromatic carbocycles. The van der Waals surface area contributed by atoms with Gasteiger partial charge in [0.2, 0.25) is 10.0 Å². The monoisotopic (exact) mass is 365 g/mol. The third-order valence-electron chi connectivity index (χ3n) is 3.13. The number of amides is 1. The molecule has 0 heterocycles. The van der Waals surface area contributed by atoms with Crippen LogP contribution in [-0.2, 0) is 14.8 Å². The summed E-state index contributed by atoms with van der Waals surface area (Å²) in [5, 5.41) is 8.93. The third-order valence-corrected chi connectivity index (χ3v) is 4.06. The zero-order valence-corrected chi connectivity index (χ0v) is 14.1. The van der Waals surface area contributed by atoms with E-state index >= 15 is 0 Å². The predicted molar refractivity (Wildman–Crippen MR) is 90.1 cm³/mol. The molecule has 0 radical (unpaired) electrons. The normalized spacial score (nSPS) is 11.9. The van der Waals surface area contributed by atoms with Crippen LogP contribution in [0.15, 0.2) is 58.5 Å². The highest BCUT2D eigenvalue weighted by atomic mass is 32.2. The molecule has 2 rings (SSSR count). The van der Waals surface area contributed by atoms with Crippen molar-refractivity contribution < 1.29 is 22.3 Å². The highest BCUT2D eigenvalue weighted by Crippen LogP contribution is 2.11. The van der Waals surface area contributed by atoms with E-state index in [1.54, 1.807) is 6.92 Å². The number of ether oxygens (including phenoxy) is 1. The highest BCUT2D eigenvalue weighted by Gasteiger charge is 2.08. The molecule has 0 fully saturated rings. The molecule has 0 spiro atoms. The number of hydrazone groups is 1.